The Labute approximate surface area is 125 Å². The molecule has 2 aromatic heterocycles. The molecule has 0 aliphatic rings. The van der Waals surface area contributed by atoms with Crippen LogP contribution in [0.2, 0.25) is 0 Å². The highest BCUT2D eigenvalue weighted by molar-refractivity contribution is 7.16. The van der Waals surface area contributed by atoms with Gasteiger partial charge in [-0.25, -0.2) is 9.78 Å². The van der Waals surface area contributed by atoms with Crippen LogP contribution >= 0.6 is 11.3 Å². The van der Waals surface area contributed by atoms with E-state index in [9.17, 15) is 9.59 Å². The van der Waals surface area contributed by atoms with Gasteiger partial charge in [0.05, 0.1) is 11.9 Å². The normalized spacial score (nSPS) is 11.9. The molecular formula is C14H15N3O3S. The summed E-state index contributed by atoms with van der Waals surface area (Å²) in [6.45, 7) is 1.87. The number of carboxylic acid groups (broad SMARTS) is 1. The number of amides is 1. The van der Waals surface area contributed by atoms with E-state index in [1.54, 1.807) is 18.3 Å². The van der Waals surface area contributed by atoms with Crippen molar-refractivity contribution in [1.82, 2.24) is 15.3 Å². The van der Waals surface area contributed by atoms with E-state index in [1.165, 1.54) is 17.5 Å². The van der Waals surface area contributed by atoms with Crippen LogP contribution in [0.5, 0.6) is 0 Å². The summed E-state index contributed by atoms with van der Waals surface area (Å²) in [5.74, 6) is -1.45. The van der Waals surface area contributed by atoms with E-state index in [4.69, 9.17) is 5.11 Å². The van der Waals surface area contributed by atoms with E-state index < -0.39 is 17.9 Å². The second-order valence-electron chi connectivity index (χ2n) is 4.40. The van der Waals surface area contributed by atoms with Crippen LogP contribution in [0.15, 0.2) is 30.6 Å². The number of nitrogens with one attached hydrogen (secondary N) is 1. The van der Waals surface area contributed by atoms with Crippen molar-refractivity contribution in [3.8, 4) is 10.7 Å². The van der Waals surface area contributed by atoms with Crippen LogP contribution in [0.3, 0.4) is 0 Å². The molecular weight excluding hydrogens is 290 g/mol. The molecule has 0 aliphatic heterocycles. The lowest BCUT2D eigenvalue weighted by Crippen LogP contribution is -2.40. The molecule has 110 valence electrons. The van der Waals surface area contributed by atoms with Crippen LogP contribution in [-0.2, 0) is 4.79 Å². The van der Waals surface area contributed by atoms with Gasteiger partial charge in [-0.1, -0.05) is 19.4 Å². The minimum Gasteiger partial charge on any atom is -0.480 e. The van der Waals surface area contributed by atoms with Gasteiger partial charge in [-0.3, -0.25) is 9.78 Å². The Morgan fingerprint density at radius 1 is 1.38 bits per heavy atom. The van der Waals surface area contributed by atoms with Crippen LogP contribution < -0.4 is 5.32 Å². The highest BCUT2D eigenvalue weighted by Crippen LogP contribution is 2.23. The maximum absolute atomic E-state index is 12.1. The van der Waals surface area contributed by atoms with Gasteiger partial charge in [0.15, 0.2) is 0 Å². The van der Waals surface area contributed by atoms with Crippen molar-refractivity contribution in [2.24, 2.45) is 0 Å². The van der Waals surface area contributed by atoms with Crippen LogP contribution in [0.1, 0.15) is 29.4 Å². The van der Waals surface area contributed by atoms with Gasteiger partial charge in [0, 0.05) is 6.20 Å². The highest BCUT2D eigenvalue weighted by atomic mass is 32.1. The minimum atomic E-state index is -1.03. The first-order chi connectivity index (χ1) is 10.1. The second-order valence-corrected chi connectivity index (χ2v) is 5.43. The van der Waals surface area contributed by atoms with Gasteiger partial charge in [-0.05, 0) is 18.6 Å². The maximum atomic E-state index is 12.1. The number of hydrogen-bond acceptors (Lipinski definition) is 5. The first-order valence-electron chi connectivity index (χ1n) is 6.52. The van der Waals surface area contributed by atoms with Crippen LogP contribution in [0, 0.1) is 0 Å². The molecule has 0 aliphatic carbocycles. The Morgan fingerprint density at radius 3 is 2.81 bits per heavy atom. The number of nitrogens with zero attached hydrogens (tertiary/aromatic N) is 2. The van der Waals surface area contributed by atoms with E-state index in [2.05, 4.69) is 15.3 Å². The molecule has 0 aromatic carbocycles. The van der Waals surface area contributed by atoms with Crippen molar-refractivity contribution >= 4 is 23.2 Å². The molecule has 1 atom stereocenters. The summed E-state index contributed by atoms with van der Waals surface area (Å²) in [6, 6.07) is 4.57. The highest BCUT2D eigenvalue weighted by Gasteiger charge is 2.21. The number of carbonyl (C=O) groups excluding carboxylic acids is 1. The van der Waals surface area contributed by atoms with Crippen molar-refractivity contribution < 1.29 is 14.7 Å². The summed E-state index contributed by atoms with van der Waals surface area (Å²) in [5.41, 5.74) is 0.685. The molecule has 1 unspecified atom stereocenters. The number of carboxylic acids is 1. The maximum Gasteiger partial charge on any atom is 0.326 e. The Bertz CT molecular complexity index is 627. The Kier molecular flexibility index (Phi) is 4.99. The van der Waals surface area contributed by atoms with Crippen molar-refractivity contribution in [2.45, 2.75) is 25.8 Å². The molecule has 2 rings (SSSR count). The quantitative estimate of drug-likeness (QED) is 0.853. The molecule has 7 heteroatoms. The lowest BCUT2D eigenvalue weighted by atomic mass is 10.1. The first kappa shape index (κ1) is 15.1. The number of hydrogen-bond donors (Lipinski definition) is 2. The Balaban J connectivity index is 2.10. The third-order valence-electron chi connectivity index (χ3n) is 2.79. The SMILES string of the molecule is CCCC(NC(=O)c1cnc(-c2ccccn2)s1)C(=O)O. The zero-order chi connectivity index (χ0) is 15.2. The zero-order valence-electron chi connectivity index (χ0n) is 11.4. The summed E-state index contributed by atoms with van der Waals surface area (Å²) in [7, 11) is 0. The molecule has 2 aromatic rings. The summed E-state index contributed by atoms with van der Waals surface area (Å²) in [6.07, 6.45) is 4.17. The summed E-state index contributed by atoms with van der Waals surface area (Å²) in [4.78, 5) is 31.8. The third-order valence-corrected chi connectivity index (χ3v) is 3.81. The van der Waals surface area contributed by atoms with E-state index in [0.29, 0.717) is 28.4 Å². The molecule has 0 spiro atoms. The molecule has 0 radical (unpaired) electrons. The van der Waals surface area contributed by atoms with E-state index in [-0.39, 0.29) is 0 Å². The second kappa shape index (κ2) is 6.94. The molecule has 0 saturated heterocycles. The average molecular weight is 305 g/mol. The third kappa shape index (κ3) is 3.85. The predicted octanol–water partition coefficient (Wildman–Crippen LogP) is 2.19. The van der Waals surface area contributed by atoms with Gasteiger partial charge < -0.3 is 10.4 Å². The van der Waals surface area contributed by atoms with E-state index >= 15 is 0 Å². The molecule has 0 bridgehead atoms. The molecule has 1 amide bonds. The van der Waals surface area contributed by atoms with Crippen molar-refractivity contribution in [1.29, 1.82) is 0 Å². The fraction of sp³-hybridized carbons (Fsp3) is 0.286. The van der Waals surface area contributed by atoms with Crippen LogP contribution in [0.4, 0.5) is 0 Å². The van der Waals surface area contributed by atoms with E-state index in [0.717, 1.165) is 0 Å². The lowest BCUT2D eigenvalue weighted by molar-refractivity contribution is -0.139. The lowest BCUT2D eigenvalue weighted by Gasteiger charge is -2.12. The topological polar surface area (TPSA) is 92.2 Å². The molecule has 0 saturated carbocycles. The Hall–Kier alpha value is -2.28. The van der Waals surface area contributed by atoms with Gasteiger partial charge in [0.2, 0.25) is 0 Å². The Morgan fingerprint density at radius 2 is 2.19 bits per heavy atom. The van der Waals surface area contributed by atoms with Gasteiger partial charge in [-0.2, -0.15) is 0 Å². The number of aliphatic carboxylic acids is 1. The van der Waals surface area contributed by atoms with Gasteiger partial charge in [0.25, 0.3) is 5.91 Å². The molecule has 2 N–H and O–H groups in total. The number of thiazole rings is 1. The number of rotatable bonds is 6. The number of pyridine rings is 1. The monoisotopic (exact) mass is 305 g/mol. The smallest absolute Gasteiger partial charge is 0.326 e. The summed E-state index contributed by atoms with van der Waals surface area (Å²) in [5, 5.41) is 12.2. The van der Waals surface area contributed by atoms with Crippen molar-refractivity contribution in [3.63, 3.8) is 0 Å². The van der Waals surface area contributed by atoms with Gasteiger partial charge in [-0.15, -0.1) is 11.3 Å². The molecule has 2 heterocycles. The van der Waals surface area contributed by atoms with E-state index in [1.807, 2.05) is 13.0 Å². The molecule has 6 nitrogen and oxygen atoms in total. The summed E-state index contributed by atoms with van der Waals surface area (Å²) >= 11 is 1.19. The molecule has 0 fully saturated rings. The van der Waals surface area contributed by atoms with Gasteiger partial charge >= 0.3 is 5.97 Å². The summed E-state index contributed by atoms with van der Waals surface area (Å²) < 4.78 is 0. The van der Waals surface area contributed by atoms with Crippen molar-refractivity contribution in [3.05, 3.63) is 35.5 Å². The number of carbonyl (C=O) groups is 2. The van der Waals surface area contributed by atoms with Gasteiger partial charge in [0.1, 0.15) is 15.9 Å². The minimum absolute atomic E-state index is 0.373. The fourth-order valence-electron chi connectivity index (χ4n) is 1.76. The van der Waals surface area contributed by atoms with Crippen molar-refractivity contribution in [2.75, 3.05) is 0 Å². The fourth-order valence-corrected chi connectivity index (χ4v) is 2.56. The standard InChI is InChI=1S/C14H15N3O3S/c1-2-5-10(14(19)20)17-12(18)11-8-16-13(21-11)9-6-3-4-7-15-9/h3-4,6-8,10H,2,5H2,1H3,(H,17,18)(H,19,20). The predicted molar refractivity (Wildman–Crippen MR) is 79.1 cm³/mol. The average Bonchev–Trinajstić information content (AvgIpc) is 2.97. The van der Waals surface area contributed by atoms with Crippen LogP contribution in [0.25, 0.3) is 10.7 Å². The zero-order valence-corrected chi connectivity index (χ0v) is 12.3. The molecule has 21 heavy (non-hydrogen) atoms. The first-order valence-corrected chi connectivity index (χ1v) is 7.34. The van der Waals surface area contributed by atoms with Crippen LogP contribution in [-0.4, -0.2) is 33.0 Å². The largest absolute Gasteiger partial charge is 0.480 e. The number of aromatic nitrogens is 2.